The van der Waals surface area contributed by atoms with E-state index in [0.29, 0.717) is 29.4 Å². The number of anilines is 1. The Labute approximate surface area is 197 Å². The number of hydrogen-bond acceptors (Lipinski definition) is 5. The van der Waals surface area contributed by atoms with Gasteiger partial charge in [0, 0.05) is 23.8 Å². The first-order valence-electron chi connectivity index (χ1n) is 10.3. The van der Waals surface area contributed by atoms with Crippen LogP contribution in [0.1, 0.15) is 26.3 Å². The molecule has 1 aliphatic heterocycles. The number of rotatable bonds is 8. The summed E-state index contributed by atoms with van der Waals surface area (Å²) in [5.74, 6) is -1.16. The summed E-state index contributed by atoms with van der Waals surface area (Å²) < 4.78 is 26.5. The summed E-state index contributed by atoms with van der Waals surface area (Å²) in [6.07, 6.45) is 0. The highest BCUT2D eigenvalue weighted by molar-refractivity contribution is 7.89. The van der Waals surface area contributed by atoms with E-state index in [9.17, 15) is 22.8 Å². The Bertz CT molecular complexity index is 1160. The summed E-state index contributed by atoms with van der Waals surface area (Å²) in [4.78, 5) is 38.8. The van der Waals surface area contributed by atoms with Gasteiger partial charge in [-0.1, -0.05) is 37.6 Å². The molecule has 0 unspecified atom stereocenters. The van der Waals surface area contributed by atoms with Crippen molar-refractivity contribution in [2.75, 3.05) is 25.0 Å². The van der Waals surface area contributed by atoms with Crippen LogP contribution in [0.5, 0.6) is 0 Å². The summed E-state index contributed by atoms with van der Waals surface area (Å²) >= 11 is 5.90. The summed E-state index contributed by atoms with van der Waals surface area (Å²) in [5.41, 5.74) is -0.438. The summed E-state index contributed by atoms with van der Waals surface area (Å²) in [6.45, 7) is 5.26. The monoisotopic (exact) mass is 492 g/mol. The maximum atomic E-state index is 12.9. The zero-order valence-electron chi connectivity index (χ0n) is 18.5. The predicted molar refractivity (Wildman–Crippen MR) is 124 cm³/mol. The first-order chi connectivity index (χ1) is 15.5. The molecule has 176 valence electrons. The second-order valence-electron chi connectivity index (χ2n) is 7.62. The summed E-state index contributed by atoms with van der Waals surface area (Å²) in [7, 11) is -3.62. The first kappa shape index (κ1) is 24.7. The number of carbonyl (C=O) groups is 3. The van der Waals surface area contributed by atoms with Crippen LogP contribution in [0.3, 0.4) is 0 Å². The molecule has 2 N–H and O–H groups in total. The standard InChI is InChI=1S/C22H25ClN4O5S/c1-4-26(5-2)33(31,32)18-12-10-17(11-13-18)24-19(28)14-27-20(29)22(3,25-21(27)30)15-6-8-16(23)9-7-15/h6-13H,4-5,14H2,1-3H3,(H,24,28)(H,25,30)/t22-/m1/s1. The number of carbonyl (C=O) groups excluding carboxylic acids is 3. The van der Waals surface area contributed by atoms with Crippen molar-refractivity contribution in [1.82, 2.24) is 14.5 Å². The van der Waals surface area contributed by atoms with E-state index in [-0.39, 0.29) is 4.90 Å². The van der Waals surface area contributed by atoms with Gasteiger partial charge in [-0.25, -0.2) is 13.2 Å². The van der Waals surface area contributed by atoms with Gasteiger partial charge in [0.15, 0.2) is 0 Å². The second kappa shape index (κ2) is 9.50. The molecule has 0 aliphatic carbocycles. The highest BCUT2D eigenvalue weighted by Gasteiger charge is 2.49. The van der Waals surface area contributed by atoms with Crippen LogP contribution in [0.25, 0.3) is 0 Å². The lowest BCUT2D eigenvalue weighted by molar-refractivity contribution is -0.133. The van der Waals surface area contributed by atoms with E-state index in [1.54, 1.807) is 45.0 Å². The number of sulfonamides is 1. The Balaban J connectivity index is 1.69. The molecule has 4 amide bonds. The molecule has 2 aromatic carbocycles. The highest BCUT2D eigenvalue weighted by atomic mass is 35.5. The molecule has 1 atom stereocenters. The maximum Gasteiger partial charge on any atom is 0.325 e. The van der Waals surface area contributed by atoms with Gasteiger partial charge in [0.25, 0.3) is 5.91 Å². The van der Waals surface area contributed by atoms with Gasteiger partial charge in [-0.3, -0.25) is 14.5 Å². The second-order valence-corrected chi connectivity index (χ2v) is 9.99. The van der Waals surface area contributed by atoms with Gasteiger partial charge >= 0.3 is 6.03 Å². The SMILES string of the molecule is CCN(CC)S(=O)(=O)c1ccc(NC(=O)CN2C(=O)N[C@](C)(c3ccc(Cl)cc3)C2=O)cc1. The largest absolute Gasteiger partial charge is 0.325 e. The van der Waals surface area contributed by atoms with Crippen LogP contribution in [0.4, 0.5) is 10.5 Å². The Morgan fingerprint density at radius 1 is 1.06 bits per heavy atom. The Hall–Kier alpha value is -2.95. The van der Waals surface area contributed by atoms with Crippen molar-refractivity contribution in [3.63, 3.8) is 0 Å². The van der Waals surface area contributed by atoms with Crippen molar-refractivity contribution in [2.45, 2.75) is 31.2 Å². The van der Waals surface area contributed by atoms with Crippen molar-refractivity contribution in [3.05, 3.63) is 59.1 Å². The van der Waals surface area contributed by atoms with Gasteiger partial charge in [0.2, 0.25) is 15.9 Å². The normalized spacial score (nSPS) is 18.5. The number of nitrogens with zero attached hydrogens (tertiary/aromatic N) is 2. The van der Waals surface area contributed by atoms with Crippen LogP contribution in [-0.4, -0.2) is 55.1 Å². The smallest absolute Gasteiger partial charge is 0.325 e. The Morgan fingerprint density at radius 3 is 2.18 bits per heavy atom. The average Bonchev–Trinajstić information content (AvgIpc) is 2.99. The third kappa shape index (κ3) is 4.87. The van der Waals surface area contributed by atoms with E-state index < -0.39 is 40.0 Å². The lowest BCUT2D eigenvalue weighted by Crippen LogP contribution is -2.42. The molecular weight excluding hydrogens is 468 g/mol. The lowest BCUT2D eigenvalue weighted by Gasteiger charge is -2.22. The zero-order valence-corrected chi connectivity index (χ0v) is 20.0. The molecule has 9 nitrogen and oxygen atoms in total. The first-order valence-corrected chi connectivity index (χ1v) is 12.1. The fraction of sp³-hybridized carbons (Fsp3) is 0.318. The third-order valence-electron chi connectivity index (χ3n) is 5.48. The molecule has 0 spiro atoms. The molecule has 0 aromatic heterocycles. The van der Waals surface area contributed by atoms with Crippen LogP contribution < -0.4 is 10.6 Å². The van der Waals surface area contributed by atoms with Crippen LogP contribution in [0, 0.1) is 0 Å². The molecule has 11 heteroatoms. The van der Waals surface area contributed by atoms with Crippen molar-refractivity contribution < 1.29 is 22.8 Å². The number of benzene rings is 2. The van der Waals surface area contributed by atoms with E-state index >= 15 is 0 Å². The molecule has 1 fully saturated rings. The maximum absolute atomic E-state index is 12.9. The van der Waals surface area contributed by atoms with E-state index in [1.165, 1.54) is 28.6 Å². The summed E-state index contributed by atoms with van der Waals surface area (Å²) in [6, 6.07) is 11.5. The molecule has 0 bridgehead atoms. The van der Waals surface area contributed by atoms with Crippen molar-refractivity contribution in [1.29, 1.82) is 0 Å². The van der Waals surface area contributed by atoms with Gasteiger partial charge in [-0.15, -0.1) is 0 Å². The van der Waals surface area contributed by atoms with Crippen LogP contribution in [0.15, 0.2) is 53.4 Å². The molecular formula is C22H25ClN4O5S. The van der Waals surface area contributed by atoms with E-state index in [4.69, 9.17) is 11.6 Å². The highest BCUT2D eigenvalue weighted by Crippen LogP contribution is 2.29. The third-order valence-corrected chi connectivity index (χ3v) is 7.80. The molecule has 1 saturated heterocycles. The van der Waals surface area contributed by atoms with Gasteiger partial charge < -0.3 is 10.6 Å². The zero-order chi connectivity index (χ0) is 24.4. The number of hydrogen-bond donors (Lipinski definition) is 2. The predicted octanol–water partition coefficient (Wildman–Crippen LogP) is 2.78. The number of urea groups is 1. The van der Waals surface area contributed by atoms with Crippen LogP contribution >= 0.6 is 11.6 Å². The van der Waals surface area contributed by atoms with Crippen molar-refractivity contribution >= 4 is 45.2 Å². The van der Waals surface area contributed by atoms with Gasteiger partial charge in [0.1, 0.15) is 12.1 Å². The average molecular weight is 493 g/mol. The Morgan fingerprint density at radius 2 is 1.64 bits per heavy atom. The van der Waals surface area contributed by atoms with Crippen molar-refractivity contribution in [2.24, 2.45) is 0 Å². The van der Waals surface area contributed by atoms with E-state index in [0.717, 1.165) is 4.90 Å². The number of amides is 4. The fourth-order valence-corrected chi connectivity index (χ4v) is 5.17. The minimum Gasteiger partial charge on any atom is -0.325 e. The molecule has 3 rings (SSSR count). The molecule has 2 aromatic rings. The molecule has 33 heavy (non-hydrogen) atoms. The van der Waals surface area contributed by atoms with Gasteiger partial charge in [-0.05, 0) is 48.9 Å². The lowest BCUT2D eigenvalue weighted by atomic mass is 9.92. The molecule has 1 aliphatic rings. The van der Waals surface area contributed by atoms with Gasteiger partial charge in [-0.2, -0.15) is 4.31 Å². The van der Waals surface area contributed by atoms with E-state index in [1.807, 2.05) is 0 Å². The van der Waals surface area contributed by atoms with Crippen LogP contribution in [-0.2, 0) is 25.2 Å². The van der Waals surface area contributed by atoms with E-state index in [2.05, 4.69) is 10.6 Å². The Kier molecular flexibility index (Phi) is 7.11. The number of nitrogens with one attached hydrogen (secondary N) is 2. The van der Waals surface area contributed by atoms with Crippen molar-refractivity contribution in [3.8, 4) is 0 Å². The fourth-order valence-electron chi connectivity index (χ4n) is 3.59. The quantitative estimate of drug-likeness (QED) is 0.550. The molecule has 0 saturated carbocycles. The van der Waals surface area contributed by atoms with Gasteiger partial charge in [0.05, 0.1) is 4.90 Å². The van der Waals surface area contributed by atoms with Crippen LogP contribution in [0.2, 0.25) is 5.02 Å². The minimum absolute atomic E-state index is 0.108. The molecule has 1 heterocycles. The minimum atomic E-state index is -3.62. The molecule has 0 radical (unpaired) electrons. The number of halogens is 1. The topological polar surface area (TPSA) is 116 Å². The number of imide groups is 1. The summed E-state index contributed by atoms with van der Waals surface area (Å²) in [5, 5.41) is 5.70.